The summed E-state index contributed by atoms with van der Waals surface area (Å²) >= 11 is 5.78. The minimum Gasteiger partial charge on any atom is -0.345 e. The molecule has 0 aliphatic heterocycles. The van der Waals surface area contributed by atoms with Gasteiger partial charge >= 0.3 is 0 Å². The number of halogens is 1. The molecule has 2 aromatic rings. The molecule has 3 rings (SSSR count). The Morgan fingerprint density at radius 3 is 2.94 bits per heavy atom. The number of nitrogens with one attached hydrogen (secondary N) is 1. The van der Waals surface area contributed by atoms with E-state index in [1.807, 2.05) is 4.68 Å². The monoisotopic (exact) mass is 237 g/mol. The molecule has 0 aromatic carbocycles. The number of pyridine rings is 1. The van der Waals surface area contributed by atoms with Crippen LogP contribution in [0.15, 0.2) is 17.2 Å². The van der Waals surface area contributed by atoms with Crippen LogP contribution in [0.25, 0.3) is 11.0 Å². The maximum absolute atomic E-state index is 11.8. The van der Waals surface area contributed by atoms with Gasteiger partial charge in [0.25, 0.3) is 0 Å². The van der Waals surface area contributed by atoms with Gasteiger partial charge in [-0.25, -0.2) is 4.68 Å². The van der Waals surface area contributed by atoms with Crippen molar-refractivity contribution in [3.8, 4) is 0 Å². The molecule has 5 heteroatoms. The highest BCUT2D eigenvalue weighted by Gasteiger charge is 2.20. The molecule has 0 bridgehead atoms. The van der Waals surface area contributed by atoms with Crippen molar-refractivity contribution < 1.29 is 0 Å². The average molecular weight is 238 g/mol. The van der Waals surface area contributed by atoms with Gasteiger partial charge in [-0.3, -0.25) is 4.79 Å². The van der Waals surface area contributed by atoms with Crippen molar-refractivity contribution in [3.63, 3.8) is 0 Å². The number of hydrogen-bond donors (Lipinski definition) is 1. The highest BCUT2D eigenvalue weighted by molar-refractivity contribution is 6.30. The Labute approximate surface area is 97.2 Å². The van der Waals surface area contributed by atoms with Crippen LogP contribution < -0.4 is 5.43 Å². The van der Waals surface area contributed by atoms with Crippen molar-refractivity contribution in [2.75, 3.05) is 0 Å². The van der Waals surface area contributed by atoms with Gasteiger partial charge < -0.3 is 4.98 Å². The molecule has 1 aliphatic carbocycles. The maximum atomic E-state index is 11.8. The Balaban J connectivity index is 2.20. The van der Waals surface area contributed by atoms with Crippen LogP contribution >= 0.6 is 11.6 Å². The van der Waals surface area contributed by atoms with Crippen molar-refractivity contribution in [1.82, 2.24) is 14.8 Å². The molecule has 2 heterocycles. The van der Waals surface area contributed by atoms with Crippen LogP contribution in [0, 0.1) is 0 Å². The topological polar surface area (TPSA) is 50.7 Å². The van der Waals surface area contributed by atoms with Crippen molar-refractivity contribution in [2.45, 2.75) is 31.7 Å². The molecular weight excluding hydrogens is 226 g/mol. The lowest BCUT2D eigenvalue weighted by atomic mass is 10.2. The first-order valence-electron chi connectivity index (χ1n) is 5.52. The molecule has 1 saturated carbocycles. The fourth-order valence-electron chi connectivity index (χ4n) is 2.42. The second-order valence-corrected chi connectivity index (χ2v) is 4.66. The van der Waals surface area contributed by atoms with Crippen molar-refractivity contribution in [2.24, 2.45) is 0 Å². The Hall–Kier alpha value is -1.29. The lowest BCUT2D eigenvalue weighted by Gasteiger charge is -2.10. The quantitative estimate of drug-likeness (QED) is 0.829. The van der Waals surface area contributed by atoms with E-state index in [2.05, 4.69) is 10.1 Å². The van der Waals surface area contributed by atoms with Gasteiger partial charge in [0.15, 0.2) is 0 Å². The fraction of sp³-hybridized carbons (Fsp3) is 0.455. The number of nitrogens with zero attached hydrogens (tertiary/aromatic N) is 2. The van der Waals surface area contributed by atoms with Crippen molar-refractivity contribution in [1.29, 1.82) is 0 Å². The van der Waals surface area contributed by atoms with Gasteiger partial charge in [-0.2, -0.15) is 5.10 Å². The van der Waals surface area contributed by atoms with E-state index in [-0.39, 0.29) is 10.5 Å². The predicted octanol–water partition coefficient (Wildman–Crippen LogP) is 2.49. The molecule has 0 radical (unpaired) electrons. The SMILES string of the molecule is O=c1c(Cl)c[nH]c2c1cnn2C1CCCC1. The summed E-state index contributed by atoms with van der Waals surface area (Å²) in [7, 11) is 0. The second-order valence-electron chi connectivity index (χ2n) is 4.26. The van der Waals surface area contributed by atoms with Gasteiger partial charge in [0.2, 0.25) is 5.43 Å². The third kappa shape index (κ3) is 1.37. The molecule has 0 atom stereocenters. The van der Waals surface area contributed by atoms with E-state index < -0.39 is 0 Å². The molecule has 0 unspecified atom stereocenters. The van der Waals surface area contributed by atoms with E-state index in [9.17, 15) is 4.79 Å². The van der Waals surface area contributed by atoms with Crippen LogP contribution in [-0.2, 0) is 0 Å². The predicted molar refractivity (Wildman–Crippen MR) is 62.9 cm³/mol. The van der Waals surface area contributed by atoms with Gasteiger partial charge in [0, 0.05) is 6.20 Å². The van der Waals surface area contributed by atoms with E-state index >= 15 is 0 Å². The van der Waals surface area contributed by atoms with Crippen LogP contribution in [0.4, 0.5) is 0 Å². The van der Waals surface area contributed by atoms with Gasteiger partial charge in [-0.15, -0.1) is 0 Å². The number of aromatic amines is 1. The van der Waals surface area contributed by atoms with E-state index in [0.717, 1.165) is 18.5 Å². The summed E-state index contributed by atoms with van der Waals surface area (Å²) in [6.45, 7) is 0. The zero-order valence-electron chi connectivity index (χ0n) is 8.74. The molecule has 2 aromatic heterocycles. The van der Waals surface area contributed by atoms with E-state index in [1.54, 1.807) is 12.4 Å². The van der Waals surface area contributed by atoms with Gasteiger partial charge in [0.05, 0.1) is 17.6 Å². The van der Waals surface area contributed by atoms with Crippen LogP contribution in [0.1, 0.15) is 31.7 Å². The lowest BCUT2D eigenvalue weighted by molar-refractivity contribution is 0.478. The van der Waals surface area contributed by atoms with E-state index in [0.29, 0.717) is 11.4 Å². The zero-order valence-corrected chi connectivity index (χ0v) is 9.50. The maximum Gasteiger partial charge on any atom is 0.211 e. The summed E-state index contributed by atoms with van der Waals surface area (Å²) in [5.74, 6) is 0. The summed E-state index contributed by atoms with van der Waals surface area (Å²) in [6, 6.07) is 0.425. The number of fused-ring (bicyclic) bond motifs is 1. The highest BCUT2D eigenvalue weighted by Crippen LogP contribution is 2.30. The normalized spacial score (nSPS) is 17.3. The molecule has 0 saturated heterocycles. The van der Waals surface area contributed by atoms with Gasteiger partial charge in [-0.1, -0.05) is 24.4 Å². The Bertz CT molecular complexity index is 580. The van der Waals surface area contributed by atoms with Crippen molar-refractivity contribution in [3.05, 3.63) is 27.6 Å². The number of H-pyrrole nitrogens is 1. The first-order chi connectivity index (χ1) is 7.77. The summed E-state index contributed by atoms with van der Waals surface area (Å²) < 4.78 is 1.93. The van der Waals surface area contributed by atoms with Crippen LogP contribution in [0.3, 0.4) is 0 Å². The zero-order chi connectivity index (χ0) is 11.1. The van der Waals surface area contributed by atoms with Crippen molar-refractivity contribution >= 4 is 22.6 Å². The lowest BCUT2D eigenvalue weighted by Crippen LogP contribution is -2.09. The average Bonchev–Trinajstić information content (AvgIpc) is 2.91. The molecule has 0 amide bonds. The highest BCUT2D eigenvalue weighted by atomic mass is 35.5. The van der Waals surface area contributed by atoms with Crippen LogP contribution in [0.2, 0.25) is 5.02 Å². The molecular formula is C11H12ClN3O. The molecule has 1 aliphatic rings. The minimum absolute atomic E-state index is 0.139. The number of rotatable bonds is 1. The Kier molecular flexibility index (Phi) is 2.24. The second kappa shape index (κ2) is 3.63. The summed E-state index contributed by atoms with van der Waals surface area (Å²) in [6.07, 6.45) is 7.91. The smallest absolute Gasteiger partial charge is 0.211 e. The first kappa shape index (κ1) is 9.90. The third-order valence-corrected chi connectivity index (χ3v) is 3.54. The molecule has 1 N–H and O–H groups in total. The molecule has 0 spiro atoms. The standard InChI is InChI=1S/C11H12ClN3O/c12-9-6-13-11-8(10(9)16)5-14-15(11)7-3-1-2-4-7/h5-7H,1-4H2,(H,13,16). The largest absolute Gasteiger partial charge is 0.345 e. The summed E-state index contributed by atoms with van der Waals surface area (Å²) in [5.41, 5.74) is 0.654. The van der Waals surface area contributed by atoms with E-state index in [1.165, 1.54) is 12.8 Å². The fourth-order valence-corrected chi connectivity index (χ4v) is 2.58. The minimum atomic E-state index is -0.139. The number of aromatic nitrogens is 3. The summed E-state index contributed by atoms with van der Waals surface area (Å²) in [4.78, 5) is 14.8. The van der Waals surface area contributed by atoms with Gasteiger partial charge in [0.1, 0.15) is 10.7 Å². The number of hydrogen-bond acceptors (Lipinski definition) is 2. The third-order valence-electron chi connectivity index (χ3n) is 3.26. The molecule has 1 fully saturated rings. The molecule has 84 valence electrons. The first-order valence-corrected chi connectivity index (χ1v) is 5.89. The Morgan fingerprint density at radius 2 is 2.19 bits per heavy atom. The molecule has 16 heavy (non-hydrogen) atoms. The molecule has 4 nitrogen and oxygen atoms in total. The van der Waals surface area contributed by atoms with E-state index in [4.69, 9.17) is 11.6 Å². The van der Waals surface area contributed by atoms with Gasteiger partial charge in [-0.05, 0) is 12.8 Å². The van der Waals surface area contributed by atoms with Crippen LogP contribution in [0.5, 0.6) is 0 Å². The summed E-state index contributed by atoms with van der Waals surface area (Å²) in [5, 5.41) is 5.11. The van der Waals surface area contributed by atoms with Crippen LogP contribution in [-0.4, -0.2) is 14.8 Å². The Morgan fingerprint density at radius 1 is 1.44 bits per heavy atom.